The molecule has 0 aromatic carbocycles. The van der Waals surface area contributed by atoms with Crippen molar-refractivity contribution in [2.75, 3.05) is 0 Å². The van der Waals surface area contributed by atoms with Gasteiger partial charge in [0, 0.05) is 0 Å². The molecule has 0 bridgehead atoms. The second-order valence-corrected chi connectivity index (χ2v) is 1.46. The summed E-state index contributed by atoms with van der Waals surface area (Å²) in [6.07, 6.45) is 0.514. The molecule has 0 aliphatic heterocycles. The lowest BCUT2D eigenvalue weighted by molar-refractivity contribution is -0.582. The molecule has 1 aromatic rings. The predicted molar refractivity (Wildman–Crippen MR) is 28.8 cm³/mol. The van der Waals surface area contributed by atoms with Gasteiger partial charge in [-0.1, -0.05) is 0 Å². The molecule has 0 saturated carbocycles. The van der Waals surface area contributed by atoms with Gasteiger partial charge in [0.15, 0.2) is 9.64 Å². The van der Waals surface area contributed by atoms with Gasteiger partial charge in [0.05, 0.1) is 0 Å². The average molecular weight is 159 g/mol. The van der Waals surface area contributed by atoms with E-state index in [9.17, 15) is 20.2 Å². The van der Waals surface area contributed by atoms with Gasteiger partial charge in [0.25, 0.3) is 0 Å². The molecule has 9 nitrogen and oxygen atoms in total. The zero-order valence-corrected chi connectivity index (χ0v) is 4.95. The topological polar surface area (TPSA) is 120 Å². The SMILES string of the molecule is O=[N+]([O-])c1n[n+](=O)cnn1[O-]. The molecule has 0 radical (unpaired) electrons. The van der Waals surface area contributed by atoms with Gasteiger partial charge in [-0.15, -0.1) is 0 Å². The molecular formula is C2HN5O4. The number of nitro groups is 1. The van der Waals surface area contributed by atoms with E-state index in [1.165, 1.54) is 0 Å². The molecule has 11 heavy (non-hydrogen) atoms. The summed E-state index contributed by atoms with van der Waals surface area (Å²) in [6.45, 7) is 0. The van der Waals surface area contributed by atoms with E-state index in [1.54, 1.807) is 0 Å². The molecule has 1 rings (SSSR count). The van der Waals surface area contributed by atoms with Crippen molar-refractivity contribution < 1.29 is 9.47 Å². The maximum Gasteiger partial charge on any atom is 0.519 e. The lowest BCUT2D eigenvalue weighted by Gasteiger charge is -1.94. The van der Waals surface area contributed by atoms with E-state index < -0.39 is 10.9 Å². The molecular weight excluding hydrogens is 158 g/mol. The van der Waals surface area contributed by atoms with Crippen LogP contribution in [0.5, 0.6) is 0 Å². The summed E-state index contributed by atoms with van der Waals surface area (Å²) in [5.41, 5.74) is 0. The number of rotatable bonds is 1. The lowest BCUT2D eigenvalue weighted by Crippen LogP contribution is -2.24. The van der Waals surface area contributed by atoms with Crippen LogP contribution in [0.3, 0.4) is 0 Å². The second-order valence-electron chi connectivity index (χ2n) is 1.46. The van der Waals surface area contributed by atoms with Gasteiger partial charge < -0.3 is 15.3 Å². The van der Waals surface area contributed by atoms with E-state index in [1.807, 2.05) is 0 Å². The fourth-order valence-corrected chi connectivity index (χ4v) is 0.401. The minimum absolute atomic E-state index is 0.174. The van der Waals surface area contributed by atoms with Crippen molar-refractivity contribution in [2.24, 2.45) is 0 Å². The Morgan fingerprint density at radius 3 is 2.82 bits per heavy atom. The first-order chi connectivity index (χ1) is 5.11. The first kappa shape index (κ1) is 7.05. The van der Waals surface area contributed by atoms with Crippen molar-refractivity contribution in [3.05, 3.63) is 26.6 Å². The van der Waals surface area contributed by atoms with Crippen molar-refractivity contribution >= 4 is 5.95 Å². The van der Waals surface area contributed by atoms with Crippen LogP contribution in [0, 0.1) is 20.2 Å². The Morgan fingerprint density at radius 1 is 1.73 bits per heavy atom. The Kier molecular flexibility index (Phi) is 1.46. The Hall–Kier alpha value is -2.06. The highest BCUT2D eigenvalue weighted by Gasteiger charge is 2.16. The van der Waals surface area contributed by atoms with E-state index in [0.29, 0.717) is 6.33 Å². The highest BCUT2D eigenvalue weighted by atomic mass is 16.6. The summed E-state index contributed by atoms with van der Waals surface area (Å²) in [5.74, 6) is -1.15. The summed E-state index contributed by atoms with van der Waals surface area (Å²) < 4.78 is -0.174. The van der Waals surface area contributed by atoms with Crippen LogP contribution in [-0.4, -0.2) is 20.0 Å². The smallest absolute Gasteiger partial charge is 0.519 e. The molecule has 9 heteroatoms. The molecule has 0 aliphatic carbocycles. The van der Waals surface area contributed by atoms with Crippen LogP contribution in [0.25, 0.3) is 0 Å². The van der Waals surface area contributed by atoms with E-state index in [0.717, 1.165) is 0 Å². The van der Waals surface area contributed by atoms with Crippen molar-refractivity contribution in [1.29, 1.82) is 0 Å². The first-order valence-corrected chi connectivity index (χ1v) is 2.32. The maximum atomic E-state index is 10.4. The number of hydrogen-bond acceptors (Lipinski definition) is 6. The summed E-state index contributed by atoms with van der Waals surface area (Å²) in [5, 5.41) is 25.8. The first-order valence-electron chi connectivity index (χ1n) is 2.32. The van der Waals surface area contributed by atoms with E-state index in [4.69, 9.17) is 0 Å². The van der Waals surface area contributed by atoms with Crippen LogP contribution in [0.1, 0.15) is 0 Å². The molecule has 0 amide bonds. The van der Waals surface area contributed by atoms with Crippen LogP contribution >= 0.6 is 0 Å². The van der Waals surface area contributed by atoms with E-state index >= 15 is 0 Å². The van der Waals surface area contributed by atoms with Gasteiger partial charge in [0.2, 0.25) is 0 Å². The third-order valence-corrected chi connectivity index (χ3v) is 0.778. The van der Waals surface area contributed by atoms with Crippen molar-refractivity contribution in [1.82, 2.24) is 15.0 Å². The molecule has 0 saturated heterocycles. The fraction of sp³-hybridized carbons (Fsp3) is 0. The zero-order valence-electron chi connectivity index (χ0n) is 4.95. The van der Waals surface area contributed by atoms with E-state index in [-0.39, 0.29) is 9.39 Å². The Bertz CT molecular complexity index is 343. The standard InChI is InChI=1S/C2HN5O4/c8-5-1-3-6(9)2(4-5)7(10)11/h1H. The van der Waals surface area contributed by atoms with Crippen LogP contribution in [-0.2, 0) is 0 Å². The van der Waals surface area contributed by atoms with Gasteiger partial charge in [-0.2, -0.15) is 0 Å². The monoisotopic (exact) mass is 159 g/mol. The molecule has 1 heterocycles. The number of aromatic nitrogens is 4. The highest BCUT2D eigenvalue weighted by Crippen LogP contribution is 1.96. The second kappa shape index (κ2) is 2.28. The van der Waals surface area contributed by atoms with Crippen LogP contribution in [0.4, 0.5) is 5.95 Å². The molecule has 0 aliphatic rings. The number of nitrogens with zero attached hydrogens (tertiary/aromatic N) is 5. The lowest BCUT2D eigenvalue weighted by atomic mass is 11.1. The van der Waals surface area contributed by atoms with Crippen LogP contribution in [0.15, 0.2) is 6.33 Å². The minimum Gasteiger partial charge on any atom is -0.703 e. The predicted octanol–water partition coefficient (Wildman–Crippen LogP) is -1.55. The Labute approximate surface area is 58.2 Å². The molecule has 0 N–H and O–H groups in total. The summed E-state index contributed by atoms with van der Waals surface area (Å²) in [7, 11) is 0. The fourth-order valence-electron chi connectivity index (χ4n) is 0.401. The zero-order chi connectivity index (χ0) is 8.43. The Morgan fingerprint density at radius 2 is 2.36 bits per heavy atom. The average Bonchev–Trinajstić information content (AvgIpc) is 1.94. The van der Waals surface area contributed by atoms with Crippen LogP contribution < -0.4 is 4.54 Å². The summed E-state index contributed by atoms with van der Waals surface area (Å²) in [6, 6.07) is 0. The minimum atomic E-state index is -1.15. The molecule has 0 atom stereocenters. The largest absolute Gasteiger partial charge is 0.703 e. The van der Waals surface area contributed by atoms with Gasteiger partial charge in [-0.3, -0.25) is 0 Å². The summed E-state index contributed by atoms with van der Waals surface area (Å²) in [4.78, 5) is 18.7. The molecule has 0 spiro atoms. The van der Waals surface area contributed by atoms with Crippen molar-refractivity contribution in [3.63, 3.8) is 0 Å². The molecule has 58 valence electrons. The maximum absolute atomic E-state index is 10.4. The van der Waals surface area contributed by atoms with Gasteiger partial charge in [-0.25, -0.2) is 0 Å². The van der Waals surface area contributed by atoms with Gasteiger partial charge in [-0.05, 0) is 14.7 Å². The van der Waals surface area contributed by atoms with Crippen molar-refractivity contribution in [2.45, 2.75) is 0 Å². The third kappa shape index (κ3) is 1.26. The normalized spacial score (nSPS) is 9.45. The van der Waals surface area contributed by atoms with Gasteiger partial charge >= 0.3 is 12.3 Å². The van der Waals surface area contributed by atoms with Gasteiger partial charge in [0.1, 0.15) is 5.10 Å². The van der Waals surface area contributed by atoms with Crippen molar-refractivity contribution in [3.8, 4) is 0 Å². The molecule has 1 aromatic heterocycles. The van der Waals surface area contributed by atoms with E-state index in [2.05, 4.69) is 10.2 Å². The summed E-state index contributed by atoms with van der Waals surface area (Å²) >= 11 is 0. The molecule has 0 fully saturated rings. The quantitative estimate of drug-likeness (QED) is 0.277. The third-order valence-electron chi connectivity index (χ3n) is 0.778. The molecule has 0 unspecified atom stereocenters. The number of hydrogen-bond donors (Lipinski definition) is 0. The highest BCUT2D eigenvalue weighted by molar-refractivity contribution is 4.96. The Balaban J connectivity index is 3.35. The van der Waals surface area contributed by atoms with Crippen LogP contribution in [0.2, 0.25) is 0 Å².